The second kappa shape index (κ2) is 5.13. The first-order valence-electron chi connectivity index (χ1n) is 6.71. The summed E-state index contributed by atoms with van der Waals surface area (Å²) in [4.78, 5) is 16.3. The van der Waals surface area contributed by atoms with Crippen LogP contribution < -0.4 is 5.32 Å². The lowest BCUT2D eigenvalue weighted by molar-refractivity contribution is -0.133. The highest BCUT2D eigenvalue weighted by atomic mass is 32.1. The van der Waals surface area contributed by atoms with Gasteiger partial charge < -0.3 is 15.5 Å². The molecule has 1 aromatic heterocycles. The van der Waals surface area contributed by atoms with Gasteiger partial charge in [0.15, 0.2) is 5.13 Å². The Labute approximate surface area is 126 Å². The topological polar surface area (TPSA) is 82.5 Å². The van der Waals surface area contributed by atoms with Crippen LogP contribution in [0.5, 0.6) is 5.75 Å². The van der Waals surface area contributed by atoms with Crippen molar-refractivity contribution < 1.29 is 15.0 Å². The molecule has 1 saturated carbocycles. The fraction of sp³-hybridized carbons (Fsp3) is 0.333. The number of amides is 1. The number of aromatic hydroxyl groups is 1. The number of rotatable bonds is 3. The maximum absolute atomic E-state index is 12.0. The zero-order valence-electron chi connectivity index (χ0n) is 11.5. The van der Waals surface area contributed by atoms with Gasteiger partial charge in [-0.2, -0.15) is 0 Å². The number of carbonyl (C=O) groups excluding carboxylic acids is 1. The van der Waals surface area contributed by atoms with Crippen LogP contribution in [0.1, 0.15) is 19.8 Å². The number of nitrogens with one attached hydrogen (secondary N) is 1. The van der Waals surface area contributed by atoms with Crippen LogP contribution in [0.2, 0.25) is 0 Å². The summed E-state index contributed by atoms with van der Waals surface area (Å²) in [6.45, 7) is 1.74. The highest BCUT2D eigenvalue weighted by Gasteiger charge is 2.42. The molecule has 1 aromatic carbocycles. The predicted molar refractivity (Wildman–Crippen MR) is 81.2 cm³/mol. The smallest absolute Gasteiger partial charge is 0.229 e. The van der Waals surface area contributed by atoms with Crippen LogP contribution in [0.3, 0.4) is 0 Å². The molecule has 3 rings (SSSR count). The van der Waals surface area contributed by atoms with Crippen LogP contribution in [0, 0.1) is 5.92 Å². The average Bonchev–Trinajstić information content (AvgIpc) is 2.84. The SMILES string of the molecule is CC1(O)CC(C(=O)Nc2nc(-c3cccc(O)c3)cs2)C1. The van der Waals surface area contributed by atoms with Gasteiger partial charge in [0, 0.05) is 16.9 Å². The number of aromatic nitrogens is 1. The van der Waals surface area contributed by atoms with Crippen LogP contribution in [0.25, 0.3) is 11.3 Å². The predicted octanol–water partition coefficient (Wildman–Crippen LogP) is 2.62. The second-order valence-corrected chi connectivity index (χ2v) is 6.54. The lowest BCUT2D eigenvalue weighted by Crippen LogP contribution is -2.46. The second-order valence-electron chi connectivity index (χ2n) is 5.68. The Bertz CT molecular complexity index is 673. The fourth-order valence-electron chi connectivity index (χ4n) is 2.52. The molecule has 0 unspecified atom stereocenters. The van der Waals surface area contributed by atoms with E-state index in [0.29, 0.717) is 23.7 Å². The van der Waals surface area contributed by atoms with E-state index in [2.05, 4.69) is 10.3 Å². The lowest BCUT2D eigenvalue weighted by atomic mass is 9.72. The average molecular weight is 304 g/mol. The van der Waals surface area contributed by atoms with E-state index < -0.39 is 5.60 Å². The Morgan fingerprint density at radius 3 is 2.90 bits per heavy atom. The number of phenols is 1. The number of phenolic OH excluding ortho intramolecular Hbond substituents is 1. The van der Waals surface area contributed by atoms with Crippen molar-refractivity contribution in [1.82, 2.24) is 4.98 Å². The molecule has 0 aliphatic heterocycles. The van der Waals surface area contributed by atoms with E-state index in [1.54, 1.807) is 25.1 Å². The Hall–Kier alpha value is -1.92. The Morgan fingerprint density at radius 2 is 2.24 bits per heavy atom. The van der Waals surface area contributed by atoms with Crippen molar-refractivity contribution in [3.63, 3.8) is 0 Å². The van der Waals surface area contributed by atoms with Gasteiger partial charge in [0.2, 0.25) is 5.91 Å². The maximum atomic E-state index is 12.0. The standard InChI is InChI=1S/C15H16N2O3S/c1-15(20)6-10(7-15)13(19)17-14-16-12(8-21-14)9-3-2-4-11(18)5-9/h2-5,8,10,18,20H,6-7H2,1H3,(H,16,17,19). The molecule has 110 valence electrons. The first-order chi connectivity index (χ1) is 9.93. The van der Waals surface area contributed by atoms with Gasteiger partial charge in [-0.3, -0.25) is 4.79 Å². The van der Waals surface area contributed by atoms with Crippen molar-refractivity contribution in [3.8, 4) is 17.0 Å². The Balaban J connectivity index is 1.67. The van der Waals surface area contributed by atoms with E-state index in [0.717, 1.165) is 5.56 Å². The summed E-state index contributed by atoms with van der Waals surface area (Å²) in [5, 5.41) is 24.3. The van der Waals surface area contributed by atoms with Crippen molar-refractivity contribution in [3.05, 3.63) is 29.6 Å². The number of hydrogen-bond donors (Lipinski definition) is 3. The molecule has 0 radical (unpaired) electrons. The van der Waals surface area contributed by atoms with Gasteiger partial charge in [0.1, 0.15) is 5.75 Å². The van der Waals surface area contributed by atoms with Crippen LogP contribution in [-0.2, 0) is 4.79 Å². The minimum atomic E-state index is -0.711. The van der Waals surface area contributed by atoms with Crippen LogP contribution >= 0.6 is 11.3 Å². The minimum Gasteiger partial charge on any atom is -0.508 e. The number of anilines is 1. The summed E-state index contributed by atoms with van der Waals surface area (Å²) in [6.07, 6.45) is 0.979. The molecule has 1 aliphatic rings. The molecule has 1 fully saturated rings. The summed E-state index contributed by atoms with van der Waals surface area (Å²) < 4.78 is 0. The van der Waals surface area contributed by atoms with E-state index in [-0.39, 0.29) is 17.6 Å². The number of thiazole rings is 1. The molecule has 0 spiro atoms. The van der Waals surface area contributed by atoms with Crippen molar-refractivity contribution >= 4 is 22.4 Å². The van der Waals surface area contributed by atoms with Gasteiger partial charge in [-0.15, -0.1) is 11.3 Å². The van der Waals surface area contributed by atoms with Crippen molar-refractivity contribution in [2.24, 2.45) is 5.92 Å². The summed E-state index contributed by atoms with van der Waals surface area (Å²) in [7, 11) is 0. The van der Waals surface area contributed by atoms with Crippen LogP contribution in [-0.4, -0.2) is 26.7 Å². The lowest BCUT2D eigenvalue weighted by Gasteiger charge is -2.39. The molecule has 5 nitrogen and oxygen atoms in total. The third-order valence-corrected chi connectivity index (χ3v) is 4.38. The maximum Gasteiger partial charge on any atom is 0.229 e. The molecule has 0 bridgehead atoms. The van der Waals surface area contributed by atoms with Gasteiger partial charge in [-0.1, -0.05) is 12.1 Å². The molecule has 3 N–H and O–H groups in total. The van der Waals surface area contributed by atoms with E-state index in [1.165, 1.54) is 11.3 Å². The normalized spacial score (nSPS) is 24.4. The van der Waals surface area contributed by atoms with E-state index in [9.17, 15) is 15.0 Å². The number of carbonyl (C=O) groups is 1. The number of aliphatic hydroxyl groups is 1. The molecule has 0 saturated heterocycles. The zero-order valence-corrected chi connectivity index (χ0v) is 12.4. The van der Waals surface area contributed by atoms with Crippen molar-refractivity contribution in [2.45, 2.75) is 25.4 Å². The summed E-state index contributed by atoms with van der Waals surface area (Å²) >= 11 is 1.34. The quantitative estimate of drug-likeness (QED) is 0.814. The summed E-state index contributed by atoms with van der Waals surface area (Å²) in [5.74, 6) is -0.0609. The third-order valence-electron chi connectivity index (χ3n) is 3.62. The molecule has 0 atom stereocenters. The number of nitrogens with zero attached hydrogens (tertiary/aromatic N) is 1. The molecular formula is C15H16N2O3S. The number of hydrogen-bond acceptors (Lipinski definition) is 5. The van der Waals surface area contributed by atoms with Gasteiger partial charge in [-0.25, -0.2) is 4.98 Å². The van der Waals surface area contributed by atoms with E-state index in [4.69, 9.17) is 0 Å². The number of benzene rings is 1. The van der Waals surface area contributed by atoms with Gasteiger partial charge in [0.25, 0.3) is 0 Å². The minimum absolute atomic E-state index is 0.0988. The molecule has 1 heterocycles. The molecule has 6 heteroatoms. The van der Waals surface area contributed by atoms with E-state index in [1.807, 2.05) is 11.4 Å². The highest BCUT2D eigenvalue weighted by Crippen LogP contribution is 2.38. The van der Waals surface area contributed by atoms with Gasteiger partial charge in [0.05, 0.1) is 11.3 Å². The van der Waals surface area contributed by atoms with E-state index >= 15 is 0 Å². The highest BCUT2D eigenvalue weighted by molar-refractivity contribution is 7.14. The fourth-order valence-corrected chi connectivity index (χ4v) is 3.25. The first-order valence-corrected chi connectivity index (χ1v) is 7.59. The largest absolute Gasteiger partial charge is 0.508 e. The van der Waals surface area contributed by atoms with Gasteiger partial charge >= 0.3 is 0 Å². The zero-order chi connectivity index (χ0) is 15.0. The molecular weight excluding hydrogens is 288 g/mol. The van der Waals surface area contributed by atoms with Crippen molar-refractivity contribution in [2.75, 3.05) is 5.32 Å². The molecule has 1 amide bonds. The summed E-state index contributed by atoms with van der Waals surface area (Å²) in [5.41, 5.74) is 0.808. The third kappa shape index (κ3) is 3.06. The Kier molecular flexibility index (Phi) is 3.43. The monoisotopic (exact) mass is 304 g/mol. The summed E-state index contributed by atoms with van der Waals surface area (Å²) in [6, 6.07) is 6.83. The first kappa shape index (κ1) is 14.0. The molecule has 1 aliphatic carbocycles. The van der Waals surface area contributed by atoms with Crippen LogP contribution in [0.15, 0.2) is 29.6 Å². The Morgan fingerprint density at radius 1 is 1.48 bits per heavy atom. The van der Waals surface area contributed by atoms with Crippen LogP contribution in [0.4, 0.5) is 5.13 Å². The molecule has 2 aromatic rings. The van der Waals surface area contributed by atoms with Crippen molar-refractivity contribution in [1.29, 1.82) is 0 Å². The van der Waals surface area contributed by atoms with Gasteiger partial charge in [-0.05, 0) is 31.9 Å². The molecule has 21 heavy (non-hydrogen) atoms.